The topological polar surface area (TPSA) is 55.1 Å². The van der Waals surface area contributed by atoms with Crippen LogP contribution in [0.3, 0.4) is 0 Å². The summed E-state index contributed by atoms with van der Waals surface area (Å²) in [6, 6.07) is 10.9. The lowest BCUT2D eigenvalue weighted by atomic mass is 10.1. The van der Waals surface area contributed by atoms with E-state index < -0.39 is 0 Å². The van der Waals surface area contributed by atoms with Crippen LogP contribution in [0.5, 0.6) is 0 Å². The SMILES string of the molecule is Cc1cccc(C(=O)Nc2ccc(C(N)=S)cc2Br)c1Br. The van der Waals surface area contributed by atoms with Crippen molar-refractivity contribution in [1.82, 2.24) is 0 Å². The number of rotatable bonds is 3. The summed E-state index contributed by atoms with van der Waals surface area (Å²) >= 11 is 11.8. The molecular formula is C15H12Br2N2OS. The van der Waals surface area contributed by atoms with Gasteiger partial charge in [-0.25, -0.2) is 0 Å². The van der Waals surface area contributed by atoms with Crippen molar-refractivity contribution in [2.45, 2.75) is 6.92 Å². The molecule has 0 aliphatic carbocycles. The zero-order chi connectivity index (χ0) is 15.6. The molecule has 0 aliphatic rings. The number of hydrogen-bond acceptors (Lipinski definition) is 2. The van der Waals surface area contributed by atoms with Gasteiger partial charge in [0, 0.05) is 14.5 Å². The molecule has 0 bridgehead atoms. The van der Waals surface area contributed by atoms with Gasteiger partial charge in [0.15, 0.2) is 0 Å². The molecule has 0 aromatic heterocycles. The maximum atomic E-state index is 12.3. The molecule has 0 saturated heterocycles. The molecule has 2 rings (SSSR count). The van der Waals surface area contributed by atoms with Gasteiger partial charge in [-0.1, -0.05) is 24.4 Å². The summed E-state index contributed by atoms with van der Waals surface area (Å²) < 4.78 is 1.52. The van der Waals surface area contributed by atoms with Crippen molar-refractivity contribution in [3.05, 3.63) is 62.0 Å². The number of carbonyl (C=O) groups is 1. The second-order valence-corrected chi connectivity index (χ2v) is 6.54. The molecule has 3 nitrogen and oxygen atoms in total. The molecule has 6 heteroatoms. The lowest BCUT2D eigenvalue weighted by molar-refractivity contribution is 0.102. The van der Waals surface area contributed by atoms with Crippen LogP contribution < -0.4 is 11.1 Å². The number of halogens is 2. The van der Waals surface area contributed by atoms with Crippen molar-refractivity contribution in [2.75, 3.05) is 5.32 Å². The molecule has 0 heterocycles. The smallest absolute Gasteiger partial charge is 0.256 e. The molecule has 0 radical (unpaired) electrons. The van der Waals surface area contributed by atoms with Crippen LogP contribution in [-0.4, -0.2) is 10.9 Å². The highest BCUT2D eigenvalue weighted by Gasteiger charge is 2.13. The molecule has 3 N–H and O–H groups in total. The van der Waals surface area contributed by atoms with Crippen molar-refractivity contribution in [1.29, 1.82) is 0 Å². The highest BCUT2D eigenvalue weighted by molar-refractivity contribution is 9.11. The first-order valence-corrected chi connectivity index (χ1v) is 8.05. The van der Waals surface area contributed by atoms with E-state index in [1.165, 1.54) is 0 Å². The molecule has 0 atom stereocenters. The Balaban J connectivity index is 2.28. The number of anilines is 1. The Morgan fingerprint density at radius 1 is 1.24 bits per heavy atom. The van der Waals surface area contributed by atoms with E-state index in [1.54, 1.807) is 24.3 Å². The Morgan fingerprint density at radius 3 is 2.57 bits per heavy atom. The Morgan fingerprint density at radius 2 is 1.95 bits per heavy atom. The van der Waals surface area contributed by atoms with Gasteiger partial charge in [0.25, 0.3) is 5.91 Å². The Hall–Kier alpha value is -1.24. The summed E-state index contributed by atoms with van der Waals surface area (Å²) in [5.41, 5.74) is 8.57. The van der Waals surface area contributed by atoms with Gasteiger partial charge in [-0.05, 0) is 68.6 Å². The lowest BCUT2D eigenvalue weighted by Crippen LogP contribution is -2.14. The van der Waals surface area contributed by atoms with Crippen molar-refractivity contribution in [3.8, 4) is 0 Å². The van der Waals surface area contributed by atoms with E-state index in [0.717, 1.165) is 20.1 Å². The first-order valence-electron chi connectivity index (χ1n) is 6.06. The van der Waals surface area contributed by atoms with E-state index in [9.17, 15) is 4.79 Å². The van der Waals surface area contributed by atoms with E-state index in [0.29, 0.717) is 16.2 Å². The normalized spacial score (nSPS) is 10.2. The summed E-state index contributed by atoms with van der Waals surface area (Å²) in [6.45, 7) is 1.94. The average molecular weight is 428 g/mol. The quantitative estimate of drug-likeness (QED) is 0.713. The maximum absolute atomic E-state index is 12.3. The van der Waals surface area contributed by atoms with Gasteiger partial charge in [-0.2, -0.15) is 0 Å². The second kappa shape index (κ2) is 6.68. The minimum Gasteiger partial charge on any atom is -0.389 e. The van der Waals surface area contributed by atoms with Gasteiger partial charge in [0.2, 0.25) is 0 Å². The van der Waals surface area contributed by atoms with Gasteiger partial charge in [0.1, 0.15) is 4.99 Å². The molecule has 0 spiro atoms. The van der Waals surface area contributed by atoms with Crippen LogP contribution in [0.4, 0.5) is 5.69 Å². The summed E-state index contributed by atoms with van der Waals surface area (Å²) in [7, 11) is 0. The highest BCUT2D eigenvalue weighted by atomic mass is 79.9. The number of hydrogen-bond donors (Lipinski definition) is 2. The molecule has 2 aromatic carbocycles. The van der Waals surface area contributed by atoms with Crippen molar-refractivity contribution in [2.24, 2.45) is 5.73 Å². The summed E-state index contributed by atoms with van der Waals surface area (Å²) in [4.78, 5) is 12.7. The van der Waals surface area contributed by atoms with Gasteiger partial charge >= 0.3 is 0 Å². The Labute approximate surface area is 145 Å². The molecule has 2 aromatic rings. The standard InChI is InChI=1S/C15H12Br2N2OS/c1-8-3-2-4-10(13(8)17)15(20)19-12-6-5-9(14(18)21)7-11(12)16/h2-7H,1H3,(H2,18,21)(H,19,20). The van der Waals surface area contributed by atoms with E-state index in [4.69, 9.17) is 18.0 Å². The van der Waals surface area contributed by atoms with Gasteiger partial charge < -0.3 is 11.1 Å². The Kier molecular flexibility index (Phi) is 5.13. The zero-order valence-corrected chi connectivity index (χ0v) is 15.1. The number of benzene rings is 2. The van der Waals surface area contributed by atoms with Gasteiger partial charge in [-0.15, -0.1) is 0 Å². The summed E-state index contributed by atoms with van der Waals surface area (Å²) in [5, 5.41) is 2.86. The molecule has 108 valence electrons. The fraction of sp³-hybridized carbons (Fsp3) is 0.0667. The van der Waals surface area contributed by atoms with E-state index in [2.05, 4.69) is 37.2 Å². The number of carbonyl (C=O) groups excluding carboxylic acids is 1. The lowest BCUT2D eigenvalue weighted by Gasteiger charge is -2.11. The number of thiocarbonyl (C=S) groups is 1. The molecule has 0 aliphatic heterocycles. The molecule has 21 heavy (non-hydrogen) atoms. The van der Waals surface area contributed by atoms with Crippen LogP contribution in [0.1, 0.15) is 21.5 Å². The second-order valence-electron chi connectivity index (χ2n) is 4.45. The van der Waals surface area contributed by atoms with Crippen LogP contribution in [0.25, 0.3) is 0 Å². The van der Waals surface area contributed by atoms with Crippen LogP contribution in [-0.2, 0) is 0 Å². The predicted molar refractivity (Wildman–Crippen MR) is 96.9 cm³/mol. The zero-order valence-electron chi connectivity index (χ0n) is 11.1. The van der Waals surface area contributed by atoms with Crippen LogP contribution in [0, 0.1) is 6.92 Å². The maximum Gasteiger partial charge on any atom is 0.256 e. The first-order chi connectivity index (χ1) is 9.90. The number of nitrogens with two attached hydrogens (primary N) is 1. The first kappa shape index (κ1) is 16.1. The molecule has 0 unspecified atom stereocenters. The van der Waals surface area contributed by atoms with Crippen LogP contribution >= 0.6 is 44.1 Å². The van der Waals surface area contributed by atoms with Crippen LogP contribution in [0.15, 0.2) is 45.3 Å². The number of nitrogens with one attached hydrogen (secondary N) is 1. The summed E-state index contributed by atoms with van der Waals surface area (Å²) in [5.74, 6) is -0.186. The number of aryl methyl sites for hydroxylation is 1. The highest BCUT2D eigenvalue weighted by Crippen LogP contribution is 2.26. The van der Waals surface area contributed by atoms with Crippen molar-refractivity contribution >= 4 is 60.7 Å². The Bertz CT molecular complexity index is 732. The molecule has 1 amide bonds. The van der Waals surface area contributed by atoms with Gasteiger partial charge in [-0.3, -0.25) is 4.79 Å². The van der Waals surface area contributed by atoms with E-state index >= 15 is 0 Å². The van der Waals surface area contributed by atoms with Gasteiger partial charge in [0.05, 0.1) is 11.3 Å². The minimum absolute atomic E-state index is 0.186. The number of amides is 1. The fourth-order valence-corrected chi connectivity index (χ4v) is 2.83. The molecule has 0 fully saturated rings. The predicted octanol–water partition coefficient (Wildman–Crippen LogP) is 4.41. The third kappa shape index (κ3) is 3.70. The van der Waals surface area contributed by atoms with E-state index in [-0.39, 0.29) is 5.91 Å². The summed E-state index contributed by atoms with van der Waals surface area (Å²) in [6.07, 6.45) is 0. The fourth-order valence-electron chi connectivity index (χ4n) is 1.78. The third-order valence-corrected chi connectivity index (χ3v) is 4.88. The molecule has 0 saturated carbocycles. The third-order valence-electron chi connectivity index (χ3n) is 2.94. The van der Waals surface area contributed by atoms with Crippen LogP contribution in [0.2, 0.25) is 0 Å². The average Bonchev–Trinajstić information content (AvgIpc) is 2.43. The monoisotopic (exact) mass is 426 g/mol. The minimum atomic E-state index is -0.186. The largest absolute Gasteiger partial charge is 0.389 e. The van der Waals surface area contributed by atoms with E-state index in [1.807, 2.05) is 19.1 Å². The molecular weight excluding hydrogens is 416 g/mol. The van der Waals surface area contributed by atoms with Crippen molar-refractivity contribution in [3.63, 3.8) is 0 Å². The van der Waals surface area contributed by atoms with Crippen molar-refractivity contribution < 1.29 is 4.79 Å².